The molecule has 1 saturated heterocycles. The van der Waals surface area contributed by atoms with Crippen molar-refractivity contribution in [2.24, 2.45) is 4.99 Å². The standard InChI is InChI=1S/C22H29N5O2.HI/c1-23-22(27-15-13-26(14-16-27)19-8-4-3-5-9-19)25-12-11-24-21(28)18-7-6-10-20(17-18)29-2;/h3-10,17H,11-16H2,1-2H3,(H,23,25)(H,24,28);1H. The molecule has 0 atom stereocenters. The molecule has 0 radical (unpaired) electrons. The quantitative estimate of drug-likeness (QED) is 0.264. The maximum absolute atomic E-state index is 12.3. The van der Waals surface area contributed by atoms with Gasteiger partial charge in [0.25, 0.3) is 5.91 Å². The number of carbonyl (C=O) groups excluding carboxylic acids is 1. The third-order valence-electron chi connectivity index (χ3n) is 4.94. The molecule has 1 fully saturated rings. The number of methoxy groups -OCH3 is 1. The number of aliphatic imine (C=N–C) groups is 1. The van der Waals surface area contributed by atoms with Crippen LogP contribution in [0.25, 0.3) is 0 Å². The van der Waals surface area contributed by atoms with Gasteiger partial charge in [0.05, 0.1) is 7.11 Å². The van der Waals surface area contributed by atoms with Gasteiger partial charge >= 0.3 is 0 Å². The first-order valence-electron chi connectivity index (χ1n) is 9.89. The Bertz CT molecular complexity index is 823. The molecule has 1 amide bonds. The Morgan fingerprint density at radius 1 is 1.00 bits per heavy atom. The first-order chi connectivity index (χ1) is 14.2. The van der Waals surface area contributed by atoms with E-state index >= 15 is 0 Å². The number of para-hydroxylation sites is 1. The molecule has 0 spiro atoms. The predicted molar refractivity (Wildman–Crippen MR) is 132 cm³/mol. The molecule has 0 aromatic heterocycles. The first-order valence-corrected chi connectivity index (χ1v) is 9.89. The predicted octanol–water partition coefficient (Wildman–Crippen LogP) is 2.44. The van der Waals surface area contributed by atoms with E-state index in [1.165, 1.54) is 5.69 Å². The van der Waals surface area contributed by atoms with Crippen LogP contribution in [0.4, 0.5) is 5.69 Å². The number of nitrogens with one attached hydrogen (secondary N) is 2. The zero-order valence-corrected chi connectivity index (χ0v) is 19.8. The summed E-state index contributed by atoms with van der Waals surface area (Å²) in [5, 5.41) is 6.26. The molecule has 7 nitrogen and oxygen atoms in total. The Kier molecular flexibility index (Phi) is 9.72. The highest BCUT2D eigenvalue weighted by Gasteiger charge is 2.19. The third-order valence-corrected chi connectivity index (χ3v) is 4.94. The summed E-state index contributed by atoms with van der Waals surface area (Å²) in [4.78, 5) is 21.3. The third kappa shape index (κ3) is 6.51. The van der Waals surface area contributed by atoms with E-state index in [4.69, 9.17) is 4.74 Å². The summed E-state index contributed by atoms with van der Waals surface area (Å²) < 4.78 is 5.16. The topological polar surface area (TPSA) is 69.2 Å². The largest absolute Gasteiger partial charge is 0.497 e. The summed E-state index contributed by atoms with van der Waals surface area (Å²) in [6.45, 7) is 4.85. The summed E-state index contributed by atoms with van der Waals surface area (Å²) in [6.07, 6.45) is 0. The number of hydrogen-bond donors (Lipinski definition) is 2. The number of anilines is 1. The molecule has 0 aliphatic carbocycles. The van der Waals surface area contributed by atoms with E-state index < -0.39 is 0 Å². The lowest BCUT2D eigenvalue weighted by Crippen LogP contribution is -2.53. The van der Waals surface area contributed by atoms with E-state index in [0.29, 0.717) is 24.4 Å². The van der Waals surface area contributed by atoms with E-state index in [9.17, 15) is 4.79 Å². The fraction of sp³-hybridized carbons (Fsp3) is 0.364. The van der Waals surface area contributed by atoms with E-state index in [1.54, 1.807) is 26.3 Å². The fourth-order valence-corrected chi connectivity index (χ4v) is 3.36. The van der Waals surface area contributed by atoms with Crippen LogP contribution < -0.4 is 20.3 Å². The molecular formula is C22H30IN5O2. The number of ether oxygens (including phenoxy) is 1. The molecular weight excluding hydrogens is 493 g/mol. The molecule has 3 rings (SSSR count). The van der Waals surface area contributed by atoms with Crippen molar-refractivity contribution in [2.45, 2.75) is 0 Å². The summed E-state index contributed by atoms with van der Waals surface area (Å²) in [5.74, 6) is 1.43. The average molecular weight is 523 g/mol. The maximum Gasteiger partial charge on any atom is 0.251 e. The zero-order chi connectivity index (χ0) is 20.5. The second-order valence-electron chi connectivity index (χ2n) is 6.77. The molecule has 0 saturated carbocycles. The normalized spacial score (nSPS) is 14.0. The maximum atomic E-state index is 12.3. The molecule has 2 aromatic carbocycles. The molecule has 1 heterocycles. The van der Waals surface area contributed by atoms with Crippen LogP contribution in [0.1, 0.15) is 10.4 Å². The van der Waals surface area contributed by atoms with Crippen molar-refractivity contribution in [3.8, 4) is 5.75 Å². The van der Waals surface area contributed by atoms with Crippen molar-refractivity contribution in [3.05, 3.63) is 60.2 Å². The molecule has 2 N–H and O–H groups in total. The van der Waals surface area contributed by atoms with Crippen molar-refractivity contribution in [1.82, 2.24) is 15.5 Å². The van der Waals surface area contributed by atoms with Crippen molar-refractivity contribution in [1.29, 1.82) is 0 Å². The average Bonchev–Trinajstić information content (AvgIpc) is 2.80. The Morgan fingerprint density at radius 3 is 2.37 bits per heavy atom. The van der Waals surface area contributed by atoms with Gasteiger partial charge in [-0.05, 0) is 30.3 Å². The number of amides is 1. The van der Waals surface area contributed by atoms with E-state index in [-0.39, 0.29) is 29.9 Å². The van der Waals surface area contributed by atoms with Gasteiger partial charge in [-0.3, -0.25) is 9.79 Å². The monoisotopic (exact) mass is 523 g/mol. The Balaban J connectivity index is 0.00000320. The number of carbonyl (C=O) groups is 1. The van der Waals surface area contributed by atoms with Crippen LogP contribution in [0.15, 0.2) is 59.6 Å². The SMILES string of the molecule is CN=C(NCCNC(=O)c1cccc(OC)c1)N1CCN(c2ccccc2)CC1.I. The number of benzene rings is 2. The summed E-state index contributed by atoms with van der Waals surface area (Å²) in [7, 11) is 3.38. The number of guanidine groups is 1. The van der Waals surface area contributed by atoms with Gasteiger partial charge in [-0.25, -0.2) is 0 Å². The van der Waals surface area contributed by atoms with Gasteiger partial charge in [0.2, 0.25) is 0 Å². The van der Waals surface area contributed by atoms with E-state index in [1.807, 2.05) is 18.2 Å². The van der Waals surface area contributed by atoms with Crippen molar-refractivity contribution in [3.63, 3.8) is 0 Å². The lowest BCUT2D eigenvalue weighted by atomic mass is 10.2. The Hall–Kier alpha value is -2.49. The Labute approximate surface area is 195 Å². The van der Waals surface area contributed by atoms with Gasteiger partial charge in [0.15, 0.2) is 5.96 Å². The minimum Gasteiger partial charge on any atom is -0.497 e. The number of piperazine rings is 1. The summed E-state index contributed by atoms with van der Waals surface area (Å²) >= 11 is 0. The minimum absolute atomic E-state index is 0. The minimum atomic E-state index is -0.114. The highest BCUT2D eigenvalue weighted by atomic mass is 127. The first kappa shape index (κ1) is 23.8. The van der Waals surface area contributed by atoms with Gasteiger partial charge < -0.3 is 25.2 Å². The highest BCUT2D eigenvalue weighted by Crippen LogP contribution is 2.15. The van der Waals surface area contributed by atoms with Gasteiger partial charge in [-0.1, -0.05) is 24.3 Å². The second-order valence-corrected chi connectivity index (χ2v) is 6.77. The van der Waals surface area contributed by atoms with Crippen LogP contribution in [0, 0.1) is 0 Å². The lowest BCUT2D eigenvalue weighted by Gasteiger charge is -2.37. The number of halogens is 1. The van der Waals surface area contributed by atoms with Crippen LogP contribution in [-0.2, 0) is 0 Å². The molecule has 30 heavy (non-hydrogen) atoms. The molecule has 1 aliphatic heterocycles. The fourth-order valence-electron chi connectivity index (χ4n) is 3.36. The van der Waals surface area contributed by atoms with Crippen molar-refractivity contribution < 1.29 is 9.53 Å². The van der Waals surface area contributed by atoms with Crippen LogP contribution in [0.3, 0.4) is 0 Å². The van der Waals surface area contributed by atoms with Crippen LogP contribution >= 0.6 is 24.0 Å². The number of rotatable bonds is 6. The second kappa shape index (κ2) is 12.3. The summed E-state index contributed by atoms with van der Waals surface area (Å²) in [5.41, 5.74) is 1.85. The van der Waals surface area contributed by atoms with E-state index in [2.05, 4.69) is 49.7 Å². The van der Waals surface area contributed by atoms with Gasteiger partial charge in [-0.15, -0.1) is 24.0 Å². The van der Waals surface area contributed by atoms with Gasteiger partial charge in [0, 0.05) is 57.6 Å². The van der Waals surface area contributed by atoms with Crippen molar-refractivity contribution in [2.75, 3.05) is 58.3 Å². The molecule has 1 aliphatic rings. The van der Waals surface area contributed by atoms with Crippen LogP contribution in [-0.4, -0.2) is 70.2 Å². The van der Waals surface area contributed by atoms with Gasteiger partial charge in [-0.2, -0.15) is 0 Å². The van der Waals surface area contributed by atoms with E-state index in [0.717, 1.165) is 32.1 Å². The molecule has 162 valence electrons. The van der Waals surface area contributed by atoms with Crippen molar-refractivity contribution >= 4 is 41.5 Å². The highest BCUT2D eigenvalue weighted by molar-refractivity contribution is 14.0. The Morgan fingerprint density at radius 2 is 1.70 bits per heavy atom. The van der Waals surface area contributed by atoms with Crippen LogP contribution in [0.2, 0.25) is 0 Å². The molecule has 2 aromatic rings. The lowest BCUT2D eigenvalue weighted by molar-refractivity contribution is 0.0954. The molecule has 0 bridgehead atoms. The molecule has 8 heteroatoms. The summed E-state index contributed by atoms with van der Waals surface area (Å²) in [6, 6.07) is 17.6. The smallest absolute Gasteiger partial charge is 0.251 e. The molecule has 0 unspecified atom stereocenters. The number of hydrogen-bond acceptors (Lipinski definition) is 4. The number of nitrogens with zero attached hydrogens (tertiary/aromatic N) is 3. The van der Waals surface area contributed by atoms with Gasteiger partial charge in [0.1, 0.15) is 5.75 Å². The van der Waals surface area contributed by atoms with Crippen LogP contribution in [0.5, 0.6) is 5.75 Å². The zero-order valence-electron chi connectivity index (χ0n) is 17.5.